The van der Waals surface area contributed by atoms with Crippen LogP contribution in [-0.2, 0) is 6.42 Å². The summed E-state index contributed by atoms with van der Waals surface area (Å²) in [6, 6.07) is 9.15. The molecule has 1 saturated carbocycles. The maximum Gasteiger partial charge on any atom is 0.195 e. The molecule has 1 heterocycles. The molecule has 7 heteroatoms. The number of ether oxygens (including phenoxy) is 2. The molecule has 0 aliphatic heterocycles. The summed E-state index contributed by atoms with van der Waals surface area (Å²) in [5.41, 5.74) is 2.40. The molecule has 202 valence electrons. The van der Waals surface area contributed by atoms with Crippen LogP contribution in [0.15, 0.2) is 51.9 Å². The van der Waals surface area contributed by atoms with Crippen molar-refractivity contribution in [1.29, 1.82) is 5.41 Å². The lowest BCUT2D eigenvalue weighted by molar-refractivity contribution is 0.0882. The number of carbonyl (C=O) groups excluding carboxylic acids is 1. The summed E-state index contributed by atoms with van der Waals surface area (Å²) in [5, 5.41) is 9.03. The zero-order chi connectivity index (χ0) is 27.1. The van der Waals surface area contributed by atoms with Crippen molar-refractivity contribution in [2.75, 3.05) is 13.7 Å². The third-order valence-electron chi connectivity index (χ3n) is 7.54. The Kier molecular flexibility index (Phi) is 9.32. The van der Waals surface area contributed by atoms with E-state index in [-0.39, 0.29) is 28.9 Å². The summed E-state index contributed by atoms with van der Waals surface area (Å²) >= 11 is 0. The van der Waals surface area contributed by atoms with Gasteiger partial charge in [0.25, 0.3) is 0 Å². The Morgan fingerprint density at radius 2 is 1.74 bits per heavy atom. The molecule has 0 atom stereocenters. The van der Waals surface area contributed by atoms with Gasteiger partial charge in [0.1, 0.15) is 11.4 Å². The first-order chi connectivity index (χ1) is 18.4. The number of ketones is 1. The van der Waals surface area contributed by atoms with Crippen molar-refractivity contribution in [3.8, 4) is 11.5 Å². The standard InChI is InChI=1S/C31H36FNO5/c1-3-37-29-17-25-27(18-28(29)36-2)38-19-23(31(25)35)7-5-4-6-8-26(33)20-9-11-21(12-10-20)30(34)22-13-15-24(32)16-14-22/h13-21,33H,3-12H2,1-2H3. The maximum absolute atomic E-state index is 13.1. The van der Waals surface area contributed by atoms with Crippen molar-refractivity contribution in [3.05, 3.63) is 69.8 Å². The van der Waals surface area contributed by atoms with Gasteiger partial charge in [-0.2, -0.15) is 0 Å². The zero-order valence-corrected chi connectivity index (χ0v) is 22.2. The smallest absolute Gasteiger partial charge is 0.195 e. The summed E-state index contributed by atoms with van der Waals surface area (Å²) in [6.45, 7) is 2.35. The number of unbranched alkanes of at least 4 members (excludes halogenated alkanes) is 2. The highest BCUT2D eigenvalue weighted by atomic mass is 19.1. The van der Waals surface area contributed by atoms with Crippen LogP contribution in [0.3, 0.4) is 0 Å². The number of aryl methyl sites for hydroxylation is 1. The number of hydrogen-bond donors (Lipinski definition) is 1. The number of benzene rings is 2. The van der Waals surface area contributed by atoms with Gasteiger partial charge in [0.05, 0.1) is 25.4 Å². The van der Waals surface area contributed by atoms with Gasteiger partial charge in [-0.3, -0.25) is 9.59 Å². The highest BCUT2D eigenvalue weighted by Crippen LogP contribution is 2.33. The fourth-order valence-corrected chi connectivity index (χ4v) is 5.34. The molecule has 4 rings (SSSR count). The minimum atomic E-state index is -0.336. The number of fused-ring (bicyclic) bond motifs is 1. The van der Waals surface area contributed by atoms with E-state index in [2.05, 4.69) is 0 Å². The SMILES string of the molecule is CCOc1cc2c(=O)c(CCCCCC(=N)C3CCC(C(=O)c4ccc(F)cc4)CC3)coc2cc1OC. The molecule has 0 bridgehead atoms. The lowest BCUT2D eigenvalue weighted by Gasteiger charge is -2.28. The molecule has 1 fully saturated rings. The summed E-state index contributed by atoms with van der Waals surface area (Å²) in [7, 11) is 1.55. The van der Waals surface area contributed by atoms with E-state index in [1.54, 1.807) is 31.4 Å². The molecular weight excluding hydrogens is 485 g/mol. The van der Waals surface area contributed by atoms with Gasteiger partial charge in [-0.05, 0) is 94.5 Å². The van der Waals surface area contributed by atoms with Crippen molar-refractivity contribution in [2.24, 2.45) is 11.8 Å². The molecule has 1 aliphatic rings. The van der Waals surface area contributed by atoms with E-state index in [1.807, 2.05) is 6.92 Å². The topological polar surface area (TPSA) is 89.6 Å². The average molecular weight is 522 g/mol. The van der Waals surface area contributed by atoms with E-state index in [0.717, 1.165) is 57.1 Å². The van der Waals surface area contributed by atoms with Gasteiger partial charge in [-0.15, -0.1) is 0 Å². The summed E-state index contributed by atoms with van der Waals surface area (Å²) < 4.78 is 29.8. The molecule has 3 aromatic rings. The second-order valence-corrected chi connectivity index (χ2v) is 10.0. The molecule has 1 N–H and O–H groups in total. The Morgan fingerprint density at radius 3 is 2.42 bits per heavy atom. The van der Waals surface area contributed by atoms with E-state index in [9.17, 15) is 14.0 Å². The molecule has 6 nitrogen and oxygen atoms in total. The van der Waals surface area contributed by atoms with Crippen molar-refractivity contribution >= 4 is 22.5 Å². The quantitative estimate of drug-likeness (QED) is 0.155. The van der Waals surface area contributed by atoms with Crippen molar-refractivity contribution in [1.82, 2.24) is 0 Å². The predicted octanol–water partition coefficient (Wildman–Crippen LogP) is 7.15. The van der Waals surface area contributed by atoms with E-state index < -0.39 is 0 Å². The Labute approximate surface area is 222 Å². The lowest BCUT2D eigenvalue weighted by Crippen LogP contribution is -2.25. The van der Waals surface area contributed by atoms with Crippen LogP contribution < -0.4 is 14.9 Å². The summed E-state index contributed by atoms with van der Waals surface area (Å²) in [5.74, 6) is 1.00. The Bertz CT molecular complexity index is 1320. The van der Waals surface area contributed by atoms with Crippen molar-refractivity contribution in [2.45, 2.75) is 64.7 Å². The number of nitrogens with one attached hydrogen (secondary N) is 1. The number of carbonyl (C=O) groups is 1. The minimum absolute atomic E-state index is 0.0381. The fraction of sp³-hybridized carbons (Fsp3) is 0.452. The van der Waals surface area contributed by atoms with Gasteiger partial charge >= 0.3 is 0 Å². The predicted molar refractivity (Wildman–Crippen MR) is 146 cm³/mol. The Balaban J connectivity index is 1.22. The zero-order valence-electron chi connectivity index (χ0n) is 22.2. The molecule has 0 amide bonds. The van der Waals surface area contributed by atoms with E-state index >= 15 is 0 Å². The normalized spacial score (nSPS) is 17.3. The van der Waals surface area contributed by atoms with Gasteiger partial charge in [0.15, 0.2) is 22.7 Å². The fourth-order valence-electron chi connectivity index (χ4n) is 5.34. The first kappa shape index (κ1) is 27.6. The van der Waals surface area contributed by atoms with Crippen LogP contribution in [0.25, 0.3) is 11.0 Å². The minimum Gasteiger partial charge on any atom is -0.493 e. The van der Waals surface area contributed by atoms with E-state index in [0.29, 0.717) is 46.6 Å². The molecular formula is C31H36FNO5. The maximum atomic E-state index is 13.1. The van der Waals surface area contributed by atoms with Crippen LogP contribution >= 0.6 is 0 Å². The summed E-state index contributed by atoms with van der Waals surface area (Å²) in [6.07, 6.45) is 8.82. The van der Waals surface area contributed by atoms with Gasteiger partial charge in [0.2, 0.25) is 0 Å². The Hall–Kier alpha value is -3.48. The second kappa shape index (κ2) is 12.9. The van der Waals surface area contributed by atoms with Crippen LogP contribution in [-0.4, -0.2) is 25.2 Å². The van der Waals surface area contributed by atoms with Crippen LogP contribution in [0.2, 0.25) is 0 Å². The second-order valence-electron chi connectivity index (χ2n) is 10.0. The molecule has 1 aromatic heterocycles. The number of halogens is 1. The van der Waals surface area contributed by atoms with E-state index in [1.165, 1.54) is 18.4 Å². The molecule has 0 spiro atoms. The van der Waals surface area contributed by atoms with Gasteiger partial charge in [-0.25, -0.2) is 4.39 Å². The number of hydrogen-bond acceptors (Lipinski definition) is 6. The third kappa shape index (κ3) is 6.50. The van der Waals surface area contributed by atoms with Gasteiger partial charge < -0.3 is 19.3 Å². The van der Waals surface area contributed by atoms with Crippen molar-refractivity contribution < 1.29 is 23.1 Å². The van der Waals surface area contributed by atoms with E-state index in [4.69, 9.17) is 19.3 Å². The highest BCUT2D eigenvalue weighted by Gasteiger charge is 2.28. The first-order valence-corrected chi connectivity index (χ1v) is 13.5. The van der Waals surface area contributed by atoms with Gasteiger partial charge in [-0.1, -0.05) is 6.42 Å². The highest BCUT2D eigenvalue weighted by molar-refractivity contribution is 5.98. The van der Waals surface area contributed by atoms with Gasteiger partial charge in [0, 0.05) is 28.8 Å². The molecule has 0 unspecified atom stereocenters. The molecule has 1 aliphatic carbocycles. The monoisotopic (exact) mass is 521 g/mol. The molecule has 2 aromatic carbocycles. The first-order valence-electron chi connectivity index (χ1n) is 13.5. The number of rotatable bonds is 12. The van der Waals surface area contributed by atoms with Crippen LogP contribution in [0.5, 0.6) is 11.5 Å². The van der Waals surface area contributed by atoms with Crippen LogP contribution in [0.1, 0.15) is 74.2 Å². The summed E-state index contributed by atoms with van der Waals surface area (Å²) in [4.78, 5) is 25.7. The third-order valence-corrected chi connectivity index (χ3v) is 7.54. The number of Topliss-reactive ketones (excluding diaryl/α,β-unsaturated/α-hetero) is 1. The Morgan fingerprint density at radius 1 is 1.03 bits per heavy atom. The average Bonchev–Trinajstić information content (AvgIpc) is 2.94. The van der Waals surface area contributed by atoms with Crippen LogP contribution in [0.4, 0.5) is 4.39 Å². The largest absolute Gasteiger partial charge is 0.493 e. The van der Waals surface area contributed by atoms with Crippen LogP contribution in [0, 0.1) is 23.1 Å². The molecule has 38 heavy (non-hydrogen) atoms. The lowest BCUT2D eigenvalue weighted by atomic mass is 9.76. The molecule has 0 radical (unpaired) electrons. The van der Waals surface area contributed by atoms with Crippen molar-refractivity contribution in [3.63, 3.8) is 0 Å². The number of methoxy groups -OCH3 is 1. The molecule has 0 saturated heterocycles.